The van der Waals surface area contributed by atoms with E-state index in [2.05, 4.69) is 0 Å². The highest BCUT2D eigenvalue weighted by atomic mass is 19.4. The van der Waals surface area contributed by atoms with Gasteiger partial charge in [-0.3, -0.25) is 4.79 Å². The van der Waals surface area contributed by atoms with Gasteiger partial charge in [0.2, 0.25) is 5.91 Å². The molecule has 26 heavy (non-hydrogen) atoms. The largest absolute Gasteiger partial charge is 0.430 e. The molecule has 2 aromatic carbocycles. The molecule has 0 spiro atoms. The van der Waals surface area contributed by atoms with E-state index < -0.39 is 35.1 Å². The normalized spacial score (nSPS) is 13.4. The topological polar surface area (TPSA) is 49.3 Å². The summed E-state index contributed by atoms with van der Waals surface area (Å²) in [5.41, 5.74) is -7.42. The molecule has 140 valence electrons. The molecule has 0 aliphatic carbocycles. The van der Waals surface area contributed by atoms with E-state index in [1.807, 2.05) is 5.32 Å². The van der Waals surface area contributed by atoms with Crippen LogP contribution in [0.15, 0.2) is 48.6 Å². The number of alkyl halides is 6. The zero-order valence-corrected chi connectivity index (χ0v) is 13.2. The van der Waals surface area contributed by atoms with Crippen molar-refractivity contribution < 1.29 is 36.2 Å². The lowest BCUT2D eigenvalue weighted by Crippen LogP contribution is -2.54. The van der Waals surface area contributed by atoms with Crippen LogP contribution in [0, 0.1) is 0 Å². The fraction of sp³-hybridized carbons (Fsp3) is 0.235. The van der Waals surface area contributed by atoms with Crippen molar-refractivity contribution in [3.8, 4) is 0 Å². The number of rotatable bonds is 3. The van der Waals surface area contributed by atoms with Gasteiger partial charge in [-0.2, -0.15) is 26.3 Å². The lowest BCUT2D eigenvalue weighted by molar-refractivity contribution is -0.375. The van der Waals surface area contributed by atoms with Crippen LogP contribution in [-0.4, -0.2) is 23.4 Å². The number of amides is 1. The average molecular weight is 377 g/mol. The second-order valence-electron chi connectivity index (χ2n) is 5.40. The number of carbonyl (C=O) groups is 1. The lowest BCUT2D eigenvalue weighted by Gasteiger charge is -2.34. The molecule has 0 atom stereocenters. The number of hydrogen-bond donors (Lipinski definition) is 2. The van der Waals surface area contributed by atoms with E-state index in [-0.39, 0.29) is 5.39 Å². The maximum absolute atomic E-state index is 13.3. The van der Waals surface area contributed by atoms with Crippen LogP contribution in [0.3, 0.4) is 0 Å². The molecule has 2 N–H and O–H groups in total. The molecule has 1 amide bonds. The summed E-state index contributed by atoms with van der Waals surface area (Å²) in [4.78, 5) is 11.8. The van der Waals surface area contributed by atoms with Gasteiger partial charge in [-0.05, 0) is 18.4 Å². The van der Waals surface area contributed by atoms with Crippen LogP contribution >= 0.6 is 0 Å². The highest BCUT2D eigenvalue weighted by Crippen LogP contribution is 2.52. The Hall–Kier alpha value is -2.55. The van der Waals surface area contributed by atoms with Gasteiger partial charge in [-0.15, -0.1) is 0 Å². The molecule has 2 aromatic rings. The van der Waals surface area contributed by atoms with Crippen molar-refractivity contribution in [3.05, 3.63) is 54.1 Å². The molecular formula is C17H13F6NO2. The number of anilines is 1. The van der Waals surface area contributed by atoms with Crippen LogP contribution in [0.2, 0.25) is 0 Å². The van der Waals surface area contributed by atoms with Crippen LogP contribution < -0.4 is 5.32 Å². The Balaban J connectivity index is 2.86. The standard InChI is InChI=1S/C17H13F6NO2/c1-2-5-13(25)24-14-11-7-4-3-6-10(11)8-9-12(14)15(26,16(18,19)20)17(21,22)23/h2-9,26H,1H3,(H,24,25). The first-order valence-electron chi connectivity index (χ1n) is 7.25. The number of allylic oxidation sites excluding steroid dienone is 1. The van der Waals surface area contributed by atoms with E-state index >= 15 is 0 Å². The Morgan fingerprint density at radius 1 is 1.00 bits per heavy atom. The maximum atomic E-state index is 13.3. The minimum atomic E-state index is -6.06. The molecule has 2 rings (SSSR count). The van der Waals surface area contributed by atoms with E-state index in [0.717, 1.165) is 12.1 Å². The summed E-state index contributed by atoms with van der Waals surface area (Å²) in [6, 6.07) is 7.13. The number of carbonyl (C=O) groups excluding carboxylic acids is 1. The lowest BCUT2D eigenvalue weighted by atomic mass is 9.88. The predicted octanol–water partition coefficient (Wildman–Crippen LogP) is 4.67. The summed E-state index contributed by atoms with van der Waals surface area (Å²) in [6.45, 7) is 1.45. The minimum Gasteiger partial charge on any atom is -0.369 e. The molecule has 0 aromatic heterocycles. The third kappa shape index (κ3) is 3.26. The Morgan fingerprint density at radius 3 is 2.12 bits per heavy atom. The molecule has 0 aliphatic heterocycles. The van der Waals surface area contributed by atoms with Crippen LogP contribution in [0.4, 0.5) is 32.0 Å². The molecule has 0 radical (unpaired) electrons. The van der Waals surface area contributed by atoms with Crippen molar-refractivity contribution >= 4 is 22.4 Å². The molecule has 0 saturated carbocycles. The minimum absolute atomic E-state index is 0.0743. The van der Waals surface area contributed by atoms with Crippen molar-refractivity contribution in [2.45, 2.75) is 24.9 Å². The van der Waals surface area contributed by atoms with E-state index in [1.165, 1.54) is 37.3 Å². The van der Waals surface area contributed by atoms with Gasteiger partial charge in [-0.25, -0.2) is 0 Å². The third-order valence-electron chi connectivity index (χ3n) is 3.71. The molecule has 0 heterocycles. The quantitative estimate of drug-likeness (QED) is 0.604. The van der Waals surface area contributed by atoms with Crippen LogP contribution in [0.1, 0.15) is 12.5 Å². The fourth-order valence-electron chi connectivity index (χ4n) is 2.49. The Labute approximate surface area is 143 Å². The second-order valence-corrected chi connectivity index (χ2v) is 5.40. The highest BCUT2D eigenvalue weighted by Gasteiger charge is 2.72. The van der Waals surface area contributed by atoms with E-state index in [1.54, 1.807) is 0 Å². The van der Waals surface area contributed by atoms with E-state index in [0.29, 0.717) is 11.5 Å². The number of aliphatic hydroxyl groups is 1. The summed E-state index contributed by atoms with van der Waals surface area (Å²) < 4.78 is 79.5. The predicted molar refractivity (Wildman–Crippen MR) is 83.4 cm³/mol. The third-order valence-corrected chi connectivity index (χ3v) is 3.71. The Bertz CT molecular complexity index is 840. The van der Waals surface area contributed by atoms with Crippen molar-refractivity contribution in [1.82, 2.24) is 0 Å². The van der Waals surface area contributed by atoms with Crippen molar-refractivity contribution in [3.63, 3.8) is 0 Å². The smallest absolute Gasteiger partial charge is 0.369 e. The Morgan fingerprint density at radius 2 is 1.58 bits per heavy atom. The summed E-state index contributed by atoms with van der Waals surface area (Å²) in [5, 5.41) is 12.0. The van der Waals surface area contributed by atoms with Gasteiger partial charge in [0.25, 0.3) is 5.60 Å². The van der Waals surface area contributed by atoms with Gasteiger partial charge in [0.15, 0.2) is 0 Å². The van der Waals surface area contributed by atoms with Crippen molar-refractivity contribution in [2.24, 2.45) is 0 Å². The average Bonchev–Trinajstić information content (AvgIpc) is 2.52. The second kappa shape index (κ2) is 6.64. The maximum Gasteiger partial charge on any atom is 0.430 e. The molecule has 0 fully saturated rings. The summed E-state index contributed by atoms with van der Waals surface area (Å²) in [7, 11) is 0. The van der Waals surface area contributed by atoms with Crippen LogP contribution in [0.25, 0.3) is 10.8 Å². The van der Waals surface area contributed by atoms with E-state index in [9.17, 15) is 36.2 Å². The molecular weight excluding hydrogens is 364 g/mol. The van der Waals surface area contributed by atoms with Crippen LogP contribution in [0.5, 0.6) is 0 Å². The SMILES string of the molecule is CC=CC(=O)Nc1c(C(O)(C(F)(F)F)C(F)(F)F)ccc2ccccc12. The van der Waals surface area contributed by atoms with Gasteiger partial charge in [0.05, 0.1) is 5.69 Å². The molecule has 0 saturated heterocycles. The molecule has 0 bridgehead atoms. The van der Waals surface area contributed by atoms with Gasteiger partial charge >= 0.3 is 12.4 Å². The first-order chi connectivity index (χ1) is 11.9. The Kier molecular flexibility index (Phi) is 5.05. The number of fused-ring (bicyclic) bond motifs is 1. The summed E-state index contributed by atoms with van der Waals surface area (Å²) in [6.07, 6.45) is -9.92. The molecule has 9 heteroatoms. The van der Waals surface area contributed by atoms with Crippen molar-refractivity contribution in [2.75, 3.05) is 5.32 Å². The van der Waals surface area contributed by atoms with Gasteiger partial charge in [-0.1, -0.05) is 42.5 Å². The van der Waals surface area contributed by atoms with Crippen molar-refractivity contribution in [1.29, 1.82) is 0 Å². The van der Waals surface area contributed by atoms with E-state index in [4.69, 9.17) is 0 Å². The fourth-order valence-corrected chi connectivity index (χ4v) is 2.49. The van der Waals surface area contributed by atoms with Gasteiger partial charge in [0, 0.05) is 10.9 Å². The highest BCUT2D eigenvalue weighted by molar-refractivity contribution is 6.07. The van der Waals surface area contributed by atoms with Gasteiger partial charge < -0.3 is 10.4 Å². The first-order valence-corrected chi connectivity index (χ1v) is 7.25. The molecule has 3 nitrogen and oxygen atoms in total. The van der Waals surface area contributed by atoms with Gasteiger partial charge in [0.1, 0.15) is 0 Å². The monoisotopic (exact) mass is 377 g/mol. The summed E-state index contributed by atoms with van der Waals surface area (Å²) in [5.74, 6) is -0.934. The molecule has 0 unspecified atom stereocenters. The number of halogens is 6. The number of nitrogens with one attached hydrogen (secondary N) is 1. The number of benzene rings is 2. The molecule has 0 aliphatic rings. The zero-order chi connectivity index (χ0) is 19.8. The zero-order valence-electron chi connectivity index (χ0n) is 13.2. The first kappa shape index (κ1) is 19.8. The van der Waals surface area contributed by atoms with Crippen LogP contribution in [-0.2, 0) is 10.4 Å². The summed E-state index contributed by atoms with van der Waals surface area (Å²) >= 11 is 0. The number of hydrogen-bond acceptors (Lipinski definition) is 2.